The van der Waals surface area contributed by atoms with E-state index in [1.54, 1.807) is 0 Å². The normalized spacial score (nSPS) is 19.9. The minimum absolute atomic E-state index is 0. The first-order valence-electron chi connectivity index (χ1n) is 5.72. The van der Waals surface area contributed by atoms with Crippen LogP contribution in [0.4, 0.5) is 0 Å². The quantitative estimate of drug-likeness (QED) is 0.850. The van der Waals surface area contributed by atoms with E-state index < -0.39 is 0 Å². The van der Waals surface area contributed by atoms with Crippen molar-refractivity contribution in [2.75, 3.05) is 7.05 Å². The summed E-state index contributed by atoms with van der Waals surface area (Å²) in [5.74, 6) is 0. The molecule has 0 aliphatic carbocycles. The van der Waals surface area contributed by atoms with Gasteiger partial charge in [-0.2, -0.15) is 0 Å². The van der Waals surface area contributed by atoms with Gasteiger partial charge in [0.25, 0.3) is 0 Å². The van der Waals surface area contributed by atoms with Crippen LogP contribution in [0.5, 0.6) is 0 Å². The molecule has 2 nitrogen and oxygen atoms in total. The van der Waals surface area contributed by atoms with Gasteiger partial charge in [-0.15, -0.1) is 0 Å². The van der Waals surface area contributed by atoms with E-state index in [1.807, 2.05) is 12.2 Å². The molecule has 1 aliphatic heterocycles. The Morgan fingerprint density at radius 2 is 1.83 bits per heavy atom. The number of fused-ring (bicyclic) bond motifs is 1. The molecule has 2 heteroatoms. The predicted octanol–water partition coefficient (Wildman–Crippen LogP) is 3.93. The first-order valence-corrected chi connectivity index (χ1v) is 5.72. The Labute approximate surface area is 109 Å². The first kappa shape index (κ1) is 14.0. The molecule has 0 saturated carbocycles. The highest BCUT2D eigenvalue weighted by molar-refractivity contribution is 5.60. The van der Waals surface area contributed by atoms with E-state index in [2.05, 4.69) is 61.5 Å². The molecular weight excluding hydrogens is 220 g/mol. The molecule has 2 rings (SSSR count). The molecule has 0 saturated heterocycles. The summed E-state index contributed by atoms with van der Waals surface area (Å²) in [6, 6.07) is 8.44. The Kier molecular flexibility index (Phi) is 4.69. The lowest BCUT2D eigenvalue weighted by Gasteiger charge is -2.24. The van der Waals surface area contributed by atoms with Gasteiger partial charge >= 0.3 is 0 Å². The summed E-state index contributed by atoms with van der Waals surface area (Å²) in [4.78, 5) is 2.20. The smallest absolute Gasteiger partial charge is 0.0434 e. The summed E-state index contributed by atoms with van der Waals surface area (Å²) >= 11 is 0. The Balaban J connectivity index is 0.00000162. The van der Waals surface area contributed by atoms with Crippen LogP contribution in [0.2, 0.25) is 0 Å². The fourth-order valence-electron chi connectivity index (χ4n) is 2.11. The second kappa shape index (κ2) is 6.03. The summed E-state index contributed by atoms with van der Waals surface area (Å²) in [5, 5.41) is 0. The number of hydrogen-bond donors (Lipinski definition) is 1. The minimum Gasteiger partial charge on any atom is -0.370 e. The summed E-state index contributed by atoms with van der Waals surface area (Å²) < 4.78 is 0. The van der Waals surface area contributed by atoms with Gasteiger partial charge in [0, 0.05) is 19.3 Å². The first-order chi connectivity index (χ1) is 8.26. The molecule has 1 heterocycles. The van der Waals surface area contributed by atoms with E-state index in [1.165, 1.54) is 11.1 Å². The van der Waals surface area contributed by atoms with E-state index in [9.17, 15) is 0 Å². The van der Waals surface area contributed by atoms with Crippen LogP contribution in [0.1, 0.15) is 11.1 Å². The average Bonchev–Trinajstić information content (AvgIpc) is 2.33. The van der Waals surface area contributed by atoms with Crippen molar-refractivity contribution in [3.8, 4) is 0 Å². The van der Waals surface area contributed by atoms with E-state index in [-0.39, 0.29) is 6.15 Å². The van der Waals surface area contributed by atoms with Crippen molar-refractivity contribution in [3.63, 3.8) is 0 Å². The van der Waals surface area contributed by atoms with Crippen LogP contribution in [0, 0.1) is 0 Å². The van der Waals surface area contributed by atoms with Crippen molar-refractivity contribution < 1.29 is 0 Å². The Hall–Kier alpha value is -2.06. The van der Waals surface area contributed by atoms with Gasteiger partial charge in [-0.3, -0.25) is 0 Å². The zero-order valence-corrected chi connectivity index (χ0v) is 10.9. The standard InChI is InChI=1S/C16H17N.H3N/c1-4-13-10-11-14-8-6-7-9-15(14)12-17(3)16(13)5-2;/h4-11H,1-2,12H2,3H3;1H3/b11-10-,16-13-;. The van der Waals surface area contributed by atoms with Crippen LogP contribution in [0.15, 0.2) is 66.9 Å². The van der Waals surface area contributed by atoms with Crippen LogP contribution in [0.25, 0.3) is 6.08 Å². The predicted molar refractivity (Wildman–Crippen MR) is 79.4 cm³/mol. The molecule has 0 amide bonds. The second-order valence-electron chi connectivity index (χ2n) is 4.14. The van der Waals surface area contributed by atoms with E-state index in [0.717, 1.165) is 17.8 Å². The van der Waals surface area contributed by atoms with Gasteiger partial charge in [0.15, 0.2) is 0 Å². The van der Waals surface area contributed by atoms with Crippen molar-refractivity contribution in [2.24, 2.45) is 0 Å². The average molecular weight is 240 g/mol. The molecule has 1 aromatic carbocycles. The number of rotatable bonds is 2. The lowest BCUT2D eigenvalue weighted by atomic mass is 10.0. The molecule has 0 unspecified atom stereocenters. The maximum Gasteiger partial charge on any atom is 0.0434 e. The molecule has 1 aliphatic rings. The molecule has 0 spiro atoms. The monoisotopic (exact) mass is 240 g/mol. The third kappa shape index (κ3) is 2.60. The zero-order chi connectivity index (χ0) is 12.3. The summed E-state index contributed by atoms with van der Waals surface area (Å²) in [6.07, 6.45) is 7.99. The van der Waals surface area contributed by atoms with Crippen LogP contribution in [-0.4, -0.2) is 11.9 Å². The Morgan fingerprint density at radius 1 is 1.11 bits per heavy atom. The molecule has 1 aromatic rings. The highest BCUT2D eigenvalue weighted by Crippen LogP contribution is 2.22. The van der Waals surface area contributed by atoms with Gasteiger partial charge in [-0.25, -0.2) is 0 Å². The fraction of sp³-hybridized carbons (Fsp3) is 0.125. The van der Waals surface area contributed by atoms with Gasteiger partial charge in [-0.1, -0.05) is 55.7 Å². The highest BCUT2D eigenvalue weighted by Gasteiger charge is 2.10. The highest BCUT2D eigenvalue weighted by atomic mass is 15.1. The van der Waals surface area contributed by atoms with Gasteiger partial charge in [0.2, 0.25) is 0 Å². The van der Waals surface area contributed by atoms with E-state index in [4.69, 9.17) is 0 Å². The maximum atomic E-state index is 3.88. The molecular formula is C16H20N2. The second-order valence-corrected chi connectivity index (χ2v) is 4.14. The summed E-state index contributed by atoms with van der Waals surface area (Å²) in [7, 11) is 2.08. The molecule has 0 fully saturated rings. The van der Waals surface area contributed by atoms with Crippen molar-refractivity contribution in [1.82, 2.24) is 11.1 Å². The van der Waals surface area contributed by atoms with Gasteiger partial charge in [0.1, 0.15) is 0 Å². The van der Waals surface area contributed by atoms with Crippen molar-refractivity contribution in [3.05, 3.63) is 78.0 Å². The van der Waals surface area contributed by atoms with Crippen molar-refractivity contribution in [1.29, 1.82) is 0 Å². The fourth-order valence-corrected chi connectivity index (χ4v) is 2.11. The van der Waals surface area contributed by atoms with Gasteiger partial charge in [0.05, 0.1) is 0 Å². The van der Waals surface area contributed by atoms with Crippen LogP contribution in [-0.2, 0) is 6.54 Å². The molecule has 0 bridgehead atoms. The summed E-state index contributed by atoms with van der Waals surface area (Å²) in [5.41, 5.74) is 4.82. The van der Waals surface area contributed by atoms with Crippen molar-refractivity contribution >= 4 is 6.08 Å². The molecule has 0 radical (unpaired) electrons. The third-order valence-electron chi connectivity index (χ3n) is 3.03. The molecule has 0 atom stereocenters. The third-order valence-corrected chi connectivity index (χ3v) is 3.03. The van der Waals surface area contributed by atoms with Crippen LogP contribution < -0.4 is 6.15 Å². The zero-order valence-electron chi connectivity index (χ0n) is 10.9. The SMILES string of the molecule is C=CC1=C(\C=C)N(C)Cc2ccccc2/C=C\1.N. The lowest BCUT2D eigenvalue weighted by Crippen LogP contribution is -2.18. The number of nitrogens with zero attached hydrogens (tertiary/aromatic N) is 1. The molecule has 3 N–H and O–H groups in total. The van der Waals surface area contributed by atoms with Crippen LogP contribution in [0.3, 0.4) is 0 Å². The van der Waals surface area contributed by atoms with E-state index >= 15 is 0 Å². The number of hydrogen-bond acceptors (Lipinski definition) is 2. The van der Waals surface area contributed by atoms with Crippen molar-refractivity contribution in [2.45, 2.75) is 6.54 Å². The molecule has 94 valence electrons. The lowest BCUT2D eigenvalue weighted by molar-refractivity contribution is 0.422. The van der Waals surface area contributed by atoms with Crippen LogP contribution >= 0.6 is 0 Å². The Morgan fingerprint density at radius 3 is 2.50 bits per heavy atom. The maximum absolute atomic E-state index is 3.88. The molecule has 0 aromatic heterocycles. The largest absolute Gasteiger partial charge is 0.370 e. The summed E-state index contributed by atoms with van der Waals surface area (Å²) in [6.45, 7) is 8.63. The number of benzene rings is 1. The number of allylic oxidation sites excluding steroid dienone is 4. The minimum atomic E-state index is 0. The molecule has 18 heavy (non-hydrogen) atoms. The topological polar surface area (TPSA) is 38.2 Å². The van der Waals surface area contributed by atoms with Gasteiger partial charge < -0.3 is 11.1 Å². The number of likely N-dealkylation sites (N-methyl/N-ethyl adjacent to an activating group) is 1. The van der Waals surface area contributed by atoms with E-state index in [0.29, 0.717) is 0 Å². The van der Waals surface area contributed by atoms with Gasteiger partial charge in [-0.05, 0) is 22.8 Å². The Bertz CT molecular complexity index is 510.